The smallest absolute Gasteiger partial charge is 0.123 e. The highest BCUT2D eigenvalue weighted by Crippen LogP contribution is 2.10. The second-order valence-corrected chi connectivity index (χ2v) is 4.09. The van der Waals surface area contributed by atoms with Crippen LogP contribution >= 0.6 is 15.9 Å². The third-order valence-corrected chi connectivity index (χ3v) is 2.39. The van der Waals surface area contributed by atoms with Crippen LogP contribution in [0.15, 0.2) is 30.0 Å². The lowest BCUT2D eigenvalue weighted by atomic mass is 10.1. The summed E-state index contributed by atoms with van der Waals surface area (Å²) in [4.78, 5) is 3.96. The summed E-state index contributed by atoms with van der Waals surface area (Å²) in [6, 6.07) is 3.92. The molecule has 0 aliphatic carbocycles. The number of nitrogens with zero attached hydrogens (tertiary/aromatic N) is 1. The molecule has 0 saturated heterocycles. The summed E-state index contributed by atoms with van der Waals surface area (Å²) in [6.07, 6.45) is 6.03. The highest BCUT2D eigenvalue weighted by molar-refractivity contribution is 9.09. The Balaban J connectivity index is 2.60. The van der Waals surface area contributed by atoms with Gasteiger partial charge in [0.2, 0.25) is 0 Å². The largest absolute Gasteiger partial charge is 0.384 e. The van der Waals surface area contributed by atoms with Crippen molar-refractivity contribution in [3.8, 4) is 0 Å². The van der Waals surface area contributed by atoms with E-state index in [1.165, 1.54) is 11.1 Å². The highest BCUT2D eigenvalue weighted by Gasteiger charge is 1.95. The van der Waals surface area contributed by atoms with Gasteiger partial charge in [0.05, 0.1) is 0 Å². The Labute approximate surface area is 93.4 Å². The van der Waals surface area contributed by atoms with Crippen molar-refractivity contribution in [1.82, 2.24) is 4.98 Å². The van der Waals surface area contributed by atoms with E-state index in [0.29, 0.717) is 5.82 Å². The summed E-state index contributed by atoms with van der Waals surface area (Å²) in [5, 5.41) is 1.02. The lowest BCUT2D eigenvalue weighted by molar-refractivity contribution is 1.09. The molecule has 0 unspecified atom stereocenters. The Morgan fingerprint density at radius 2 is 2.43 bits per heavy atom. The van der Waals surface area contributed by atoms with Gasteiger partial charge in [0.1, 0.15) is 5.82 Å². The Morgan fingerprint density at radius 1 is 1.64 bits per heavy atom. The molecule has 0 aliphatic heterocycles. The Bertz CT molecular complexity index is 321. The van der Waals surface area contributed by atoms with E-state index in [0.717, 1.165) is 18.2 Å². The number of pyridine rings is 1. The first kappa shape index (κ1) is 11.2. The summed E-state index contributed by atoms with van der Waals surface area (Å²) in [5.74, 6) is 0.593. The molecule has 0 saturated carbocycles. The first-order valence-electron chi connectivity index (χ1n) is 4.64. The topological polar surface area (TPSA) is 38.9 Å². The molecule has 0 spiro atoms. The van der Waals surface area contributed by atoms with Gasteiger partial charge in [-0.2, -0.15) is 0 Å². The lowest BCUT2D eigenvalue weighted by Crippen LogP contribution is -1.93. The molecular weight excluding hydrogens is 240 g/mol. The Hall–Kier alpha value is -0.830. The fourth-order valence-electron chi connectivity index (χ4n) is 1.30. The van der Waals surface area contributed by atoms with Gasteiger partial charge in [0, 0.05) is 11.5 Å². The molecule has 0 fully saturated rings. The van der Waals surface area contributed by atoms with Crippen LogP contribution in [-0.4, -0.2) is 10.3 Å². The monoisotopic (exact) mass is 254 g/mol. The summed E-state index contributed by atoms with van der Waals surface area (Å²) < 4.78 is 0. The first-order valence-corrected chi connectivity index (χ1v) is 5.76. The molecule has 0 radical (unpaired) electrons. The van der Waals surface area contributed by atoms with Crippen LogP contribution in [0.1, 0.15) is 18.9 Å². The molecule has 0 atom stereocenters. The fourth-order valence-corrected chi connectivity index (χ4v) is 1.53. The van der Waals surface area contributed by atoms with Gasteiger partial charge >= 0.3 is 0 Å². The third kappa shape index (κ3) is 3.92. The molecule has 1 rings (SSSR count). The molecule has 76 valence electrons. The molecule has 2 nitrogen and oxygen atoms in total. The number of alkyl halides is 1. The lowest BCUT2D eigenvalue weighted by Gasteiger charge is -2.02. The molecule has 0 aliphatic rings. The van der Waals surface area contributed by atoms with E-state index in [9.17, 15) is 0 Å². The van der Waals surface area contributed by atoms with Crippen LogP contribution in [0.2, 0.25) is 0 Å². The van der Waals surface area contributed by atoms with Crippen molar-refractivity contribution in [3.63, 3.8) is 0 Å². The summed E-state index contributed by atoms with van der Waals surface area (Å²) in [5.41, 5.74) is 8.19. The van der Waals surface area contributed by atoms with Crippen molar-refractivity contribution in [2.45, 2.75) is 19.8 Å². The van der Waals surface area contributed by atoms with Crippen LogP contribution in [0.3, 0.4) is 0 Å². The average molecular weight is 255 g/mol. The maximum absolute atomic E-state index is 5.60. The normalized spacial score (nSPS) is 11.7. The van der Waals surface area contributed by atoms with Crippen molar-refractivity contribution in [3.05, 3.63) is 35.5 Å². The van der Waals surface area contributed by atoms with E-state index in [-0.39, 0.29) is 0 Å². The van der Waals surface area contributed by atoms with Crippen molar-refractivity contribution in [1.29, 1.82) is 0 Å². The zero-order valence-electron chi connectivity index (χ0n) is 8.33. The number of hydrogen-bond acceptors (Lipinski definition) is 2. The number of aromatic nitrogens is 1. The van der Waals surface area contributed by atoms with Crippen LogP contribution < -0.4 is 5.73 Å². The average Bonchev–Trinajstić information content (AvgIpc) is 2.15. The molecular formula is C11H15BrN2. The van der Waals surface area contributed by atoms with Gasteiger partial charge in [-0.05, 0) is 37.5 Å². The van der Waals surface area contributed by atoms with Gasteiger partial charge in [0.25, 0.3) is 0 Å². The third-order valence-electron chi connectivity index (χ3n) is 1.93. The molecule has 14 heavy (non-hydrogen) atoms. The number of halogens is 1. The predicted molar refractivity (Wildman–Crippen MR) is 64.5 cm³/mol. The molecule has 1 aromatic heterocycles. The summed E-state index contributed by atoms with van der Waals surface area (Å²) >= 11 is 3.40. The standard InChI is InChI=1S/C11H15BrN2/c1-9(3-2-5-12)7-10-4-6-14-11(13)8-10/h3-4,6,8H,2,5,7H2,1H3,(H2,13,14). The number of nitrogen functional groups attached to an aromatic ring is 1. The van der Waals surface area contributed by atoms with E-state index < -0.39 is 0 Å². The number of anilines is 1. The molecule has 1 heterocycles. The van der Waals surface area contributed by atoms with Crippen molar-refractivity contribution in [2.75, 3.05) is 11.1 Å². The maximum Gasteiger partial charge on any atom is 0.123 e. The van der Waals surface area contributed by atoms with Crippen LogP contribution in [0.25, 0.3) is 0 Å². The van der Waals surface area contributed by atoms with Crippen molar-refractivity contribution in [2.24, 2.45) is 0 Å². The maximum atomic E-state index is 5.60. The van der Waals surface area contributed by atoms with E-state index in [1.54, 1.807) is 6.20 Å². The van der Waals surface area contributed by atoms with Gasteiger partial charge in [-0.15, -0.1) is 0 Å². The van der Waals surface area contributed by atoms with Crippen LogP contribution in [0.4, 0.5) is 5.82 Å². The van der Waals surface area contributed by atoms with E-state index in [4.69, 9.17) is 5.73 Å². The highest BCUT2D eigenvalue weighted by atomic mass is 79.9. The van der Waals surface area contributed by atoms with Gasteiger partial charge in [-0.3, -0.25) is 0 Å². The molecule has 1 aromatic rings. The Kier molecular flexibility index (Phi) is 4.66. The molecule has 0 amide bonds. The number of allylic oxidation sites excluding steroid dienone is 2. The molecule has 0 aromatic carbocycles. The van der Waals surface area contributed by atoms with Crippen LogP contribution in [0, 0.1) is 0 Å². The number of nitrogens with two attached hydrogens (primary N) is 1. The quantitative estimate of drug-likeness (QED) is 0.663. The molecule has 3 heteroatoms. The van der Waals surface area contributed by atoms with Crippen molar-refractivity contribution < 1.29 is 0 Å². The molecule has 2 N–H and O–H groups in total. The minimum absolute atomic E-state index is 0.593. The molecule has 0 bridgehead atoms. The van der Waals surface area contributed by atoms with Crippen molar-refractivity contribution >= 4 is 21.7 Å². The van der Waals surface area contributed by atoms with Crippen LogP contribution in [-0.2, 0) is 6.42 Å². The second-order valence-electron chi connectivity index (χ2n) is 3.29. The minimum atomic E-state index is 0.593. The number of rotatable bonds is 4. The van der Waals surface area contributed by atoms with E-state index in [2.05, 4.69) is 33.9 Å². The van der Waals surface area contributed by atoms with E-state index >= 15 is 0 Å². The fraction of sp³-hybridized carbons (Fsp3) is 0.364. The zero-order chi connectivity index (χ0) is 10.4. The summed E-state index contributed by atoms with van der Waals surface area (Å²) in [6.45, 7) is 2.14. The van der Waals surface area contributed by atoms with Gasteiger partial charge in [-0.25, -0.2) is 4.98 Å². The SMILES string of the molecule is CC(=CCCBr)Cc1ccnc(N)c1. The van der Waals surface area contributed by atoms with Crippen LogP contribution in [0.5, 0.6) is 0 Å². The Morgan fingerprint density at radius 3 is 3.07 bits per heavy atom. The van der Waals surface area contributed by atoms with E-state index in [1.807, 2.05) is 12.1 Å². The summed E-state index contributed by atoms with van der Waals surface area (Å²) in [7, 11) is 0. The predicted octanol–water partition coefficient (Wildman–Crippen LogP) is 2.94. The first-order chi connectivity index (χ1) is 6.72. The minimum Gasteiger partial charge on any atom is -0.384 e. The van der Waals surface area contributed by atoms with Gasteiger partial charge in [0.15, 0.2) is 0 Å². The second kappa shape index (κ2) is 5.81. The zero-order valence-corrected chi connectivity index (χ0v) is 9.92. The number of hydrogen-bond donors (Lipinski definition) is 1. The van der Waals surface area contributed by atoms with Gasteiger partial charge < -0.3 is 5.73 Å². The van der Waals surface area contributed by atoms with Gasteiger partial charge in [-0.1, -0.05) is 27.6 Å².